The number of thiazole rings is 1. The highest BCUT2D eigenvalue weighted by molar-refractivity contribution is 7.13. The van der Waals surface area contributed by atoms with Gasteiger partial charge in [0.2, 0.25) is 0 Å². The SMILES string of the molecule is NC(=O)c1csc(-c2ccc(F)cc2F)n1. The van der Waals surface area contributed by atoms with Gasteiger partial charge >= 0.3 is 0 Å². The Bertz CT molecular complexity index is 554. The van der Waals surface area contributed by atoms with Crippen molar-refractivity contribution in [1.82, 2.24) is 4.98 Å². The van der Waals surface area contributed by atoms with Crippen molar-refractivity contribution in [3.05, 3.63) is 40.9 Å². The van der Waals surface area contributed by atoms with Gasteiger partial charge in [-0.25, -0.2) is 13.8 Å². The van der Waals surface area contributed by atoms with Gasteiger partial charge in [-0.2, -0.15) is 0 Å². The number of rotatable bonds is 2. The van der Waals surface area contributed by atoms with Gasteiger partial charge in [0.25, 0.3) is 5.91 Å². The fourth-order valence-electron chi connectivity index (χ4n) is 1.17. The first-order chi connectivity index (χ1) is 7.58. The molecule has 0 aliphatic rings. The Morgan fingerprint density at radius 2 is 2.12 bits per heavy atom. The lowest BCUT2D eigenvalue weighted by molar-refractivity contribution is 0.0996. The predicted octanol–water partition coefficient (Wildman–Crippen LogP) is 2.19. The van der Waals surface area contributed by atoms with E-state index in [0.717, 1.165) is 23.5 Å². The van der Waals surface area contributed by atoms with Gasteiger partial charge in [0.15, 0.2) is 0 Å². The first-order valence-corrected chi connectivity index (χ1v) is 5.16. The molecule has 0 aliphatic carbocycles. The van der Waals surface area contributed by atoms with E-state index in [1.165, 1.54) is 11.4 Å². The zero-order valence-corrected chi connectivity index (χ0v) is 8.72. The summed E-state index contributed by atoms with van der Waals surface area (Å²) in [4.78, 5) is 14.6. The Kier molecular flexibility index (Phi) is 2.66. The molecule has 0 saturated heterocycles. The van der Waals surface area contributed by atoms with Crippen molar-refractivity contribution in [2.45, 2.75) is 0 Å². The molecule has 2 aromatic rings. The molecular weight excluding hydrogens is 234 g/mol. The van der Waals surface area contributed by atoms with Crippen LogP contribution in [-0.4, -0.2) is 10.9 Å². The summed E-state index contributed by atoms with van der Waals surface area (Å²) in [7, 11) is 0. The minimum Gasteiger partial charge on any atom is -0.364 e. The van der Waals surface area contributed by atoms with Crippen LogP contribution >= 0.6 is 11.3 Å². The molecule has 1 amide bonds. The molecule has 0 spiro atoms. The highest BCUT2D eigenvalue weighted by Gasteiger charge is 2.12. The van der Waals surface area contributed by atoms with Gasteiger partial charge in [-0.3, -0.25) is 4.79 Å². The number of halogens is 2. The number of amides is 1. The van der Waals surface area contributed by atoms with Crippen molar-refractivity contribution in [2.24, 2.45) is 5.73 Å². The first-order valence-electron chi connectivity index (χ1n) is 4.28. The maximum atomic E-state index is 13.4. The van der Waals surface area contributed by atoms with Crippen molar-refractivity contribution in [1.29, 1.82) is 0 Å². The van der Waals surface area contributed by atoms with Crippen LogP contribution in [0.25, 0.3) is 10.6 Å². The van der Waals surface area contributed by atoms with E-state index in [4.69, 9.17) is 5.73 Å². The summed E-state index contributed by atoms with van der Waals surface area (Å²) in [5, 5.41) is 1.73. The van der Waals surface area contributed by atoms with Gasteiger partial charge in [-0.15, -0.1) is 11.3 Å². The van der Waals surface area contributed by atoms with Crippen molar-refractivity contribution in [3.63, 3.8) is 0 Å². The van der Waals surface area contributed by atoms with Crippen LogP contribution in [0.5, 0.6) is 0 Å². The summed E-state index contributed by atoms with van der Waals surface area (Å²) < 4.78 is 26.0. The quantitative estimate of drug-likeness (QED) is 0.874. The van der Waals surface area contributed by atoms with E-state index < -0.39 is 17.5 Å². The Labute approximate surface area is 93.5 Å². The van der Waals surface area contributed by atoms with Crippen LogP contribution < -0.4 is 5.73 Å². The van der Waals surface area contributed by atoms with Crippen molar-refractivity contribution in [3.8, 4) is 10.6 Å². The highest BCUT2D eigenvalue weighted by Crippen LogP contribution is 2.26. The molecule has 6 heteroatoms. The lowest BCUT2D eigenvalue weighted by Gasteiger charge is -1.98. The van der Waals surface area contributed by atoms with E-state index in [0.29, 0.717) is 5.01 Å². The molecule has 1 heterocycles. The molecule has 1 aromatic heterocycles. The van der Waals surface area contributed by atoms with Crippen LogP contribution in [0.2, 0.25) is 0 Å². The summed E-state index contributed by atoms with van der Waals surface area (Å²) in [6, 6.07) is 3.17. The van der Waals surface area contributed by atoms with Crippen molar-refractivity contribution in [2.75, 3.05) is 0 Å². The number of carbonyl (C=O) groups excluding carboxylic acids is 1. The molecule has 0 unspecified atom stereocenters. The predicted molar refractivity (Wildman–Crippen MR) is 56.0 cm³/mol. The van der Waals surface area contributed by atoms with Crippen molar-refractivity contribution < 1.29 is 13.6 Å². The summed E-state index contributed by atoms with van der Waals surface area (Å²) in [5.41, 5.74) is 5.24. The first kappa shape index (κ1) is 10.7. The summed E-state index contributed by atoms with van der Waals surface area (Å²) >= 11 is 1.08. The third kappa shape index (κ3) is 1.92. The largest absolute Gasteiger partial charge is 0.364 e. The normalized spacial score (nSPS) is 10.4. The van der Waals surface area contributed by atoms with E-state index in [2.05, 4.69) is 4.98 Å². The van der Waals surface area contributed by atoms with Crippen LogP contribution in [0, 0.1) is 11.6 Å². The number of hydrogen-bond acceptors (Lipinski definition) is 3. The topological polar surface area (TPSA) is 56.0 Å². The molecule has 82 valence electrons. The minimum absolute atomic E-state index is 0.0729. The zero-order valence-electron chi connectivity index (χ0n) is 7.91. The van der Waals surface area contributed by atoms with E-state index in [-0.39, 0.29) is 11.3 Å². The molecule has 0 atom stereocenters. The lowest BCUT2D eigenvalue weighted by Crippen LogP contribution is -2.10. The maximum absolute atomic E-state index is 13.4. The number of primary amides is 1. The number of benzene rings is 1. The van der Waals surface area contributed by atoms with E-state index in [1.807, 2.05) is 0 Å². The van der Waals surface area contributed by atoms with Crippen LogP contribution in [0.1, 0.15) is 10.5 Å². The molecule has 0 bridgehead atoms. The van der Waals surface area contributed by atoms with E-state index >= 15 is 0 Å². The third-order valence-corrected chi connectivity index (χ3v) is 2.79. The van der Waals surface area contributed by atoms with Gasteiger partial charge in [0.05, 0.1) is 0 Å². The average molecular weight is 240 g/mol. The molecule has 0 aliphatic heterocycles. The fourth-order valence-corrected chi connectivity index (χ4v) is 2.01. The van der Waals surface area contributed by atoms with E-state index in [1.54, 1.807) is 0 Å². The van der Waals surface area contributed by atoms with Crippen molar-refractivity contribution >= 4 is 17.2 Å². The smallest absolute Gasteiger partial charge is 0.268 e. The molecular formula is C10H6F2N2OS. The Morgan fingerprint density at radius 1 is 1.38 bits per heavy atom. The second-order valence-corrected chi connectivity index (χ2v) is 3.88. The minimum atomic E-state index is -0.717. The summed E-state index contributed by atoms with van der Waals surface area (Å²) in [6.45, 7) is 0. The second kappa shape index (κ2) is 3.97. The van der Waals surface area contributed by atoms with Crippen LogP contribution in [0.15, 0.2) is 23.6 Å². The fraction of sp³-hybridized carbons (Fsp3) is 0. The molecule has 1 aromatic carbocycles. The number of aromatic nitrogens is 1. The average Bonchev–Trinajstić information content (AvgIpc) is 2.66. The van der Waals surface area contributed by atoms with Crippen LogP contribution in [-0.2, 0) is 0 Å². The second-order valence-electron chi connectivity index (χ2n) is 3.03. The molecule has 3 nitrogen and oxygen atoms in total. The highest BCUT2D eigenvalue weighted by atomic mass is 32.1. The van der Waals surface area contributed by atoms with Gasteiger partial charge in [0, 0.05) is 17.0 Å². The summed E-state index contributed by atoms with van der Waals surface area (Å²) in [6.07, 6.45) is 0. The van der Waals surface area contributed by atoms with Crippen LogP contribution in [0.4, 0.5) is 8.78 Å². The number of nitrogens with zero attached hydrogens (tertiary/aromatic N) is 1. The molecule has 0 fully saturated rings. The molecule has 0 saturated carbocycles. The molecule has 16 heavy (non-hydrogen) atoms. The molecule has 0 radical (unpaired) electrons. The Morgan fingerprint density at radius 3 is 2.69 bits per heavy atom. The molecule has 2 rings (SSSR count). The standard InChI is InChI=1S/C10H6F2N2OS/c11-5-1-2-6(7(12)3-5)10-14-8(4-16-10)9(13)15/h1-4H,(H2,13,15). The van der Waals surface area contributed by atoms with E-state index in [9.17, 15) is 13.6 Å². The number of carbonyl (C=O) groups is 1. The van der Waals surface area contributed by atoms with Gasteiger partial charge < -0.3 is 5.73 Å². The third-order valence-electron chi connectivity index (χ3n) is 1.92. The Balaban J connectivity index is 2.46. The summed E-state index contributed by atoms with van der Waals surface area (Å²) in [5.74, 6) is -2.05. The van der Waals surface area contributed by atoms with Gasteiger partial charge in [-0.05, 0) is 12.1 Å². The monoisotopic (exact) mass is 240 g/mol. The van der Waals surface area contributed by atoms with Gasteiger partial charge in [0.1, 0.15) is 22.3 Å². The Hall–Kier alpha value is -1.82. The maximum Gasteiger partial charge on any atom is 0.268 e. The number of nitrogens with two attached hydrogens (primary N) is 1. The zero-order chi connectivity index (χ0) is 11.7. The van der Waals surface area contributed by atoms with Crippen LogP contribution in [0.3, 0.4) is 0 Å². The lowest BCUT2D eigenvalue weighted by atomic mass is 10.2. The van der Waals surface area contributed by atoms with Gasteiger partial charge in [-0.1, -0.05) is 0 Å². The molecule has 2 N–H and O–H groups in total. The number of hydrogen-bond donors (Lipinski definition) is 1.